The Morgan fingerprint density at radius 2 is 2.17 bits per heavy atom. The third-order valence-electron chi connectivity index (χ3n) is 5.91. The van der Waals surface area contributed by atoms with Crippen molar-refractivity contribution in [2.45, 2.75) is 37.3 Å². The molecule has 0 radical (unpaired) electrons. The highest BCUT2D eigenvalue weighted by molar-refractivity contribution is 5.79. The monoisotopic (exact) mass is 323 g/mol. The predicted octanol–water partition coefficient (Wildman–Crippen LogP) is 2.97. The second kappa shape index (κ2) is 6.08. The van der Waals surface area contributed by atoms with Gasteiger partial charge in [-0.3, -0.25) is 4.90 Å². The number of rotatable bonds is 4. The fraction of sp³-hybridized carbons (Fsp3) is 0.450. The SMILES string of the molecule is C=C[C@@]12CCCN(CC#N)[C@@H]1[C@@](O)(C(=C)c1ccccc1N)CC2. The number of nitrogens with two attached hydrogens (primary N) is 1. The molecule has 3 rings (SSSR count). The van der Waals surface area contributed by atoms with Crippen LogP contribution in [0.3, 0.4) is 0 Å². The van der Waals surface area contributed by atoms with E-state index in [1.807, 2.05) is 30.3 Å². The number of nitriles is 1. The van der Waals surface area contributed by atoms with Crippen molar-refractivity contribution < 1.29 is 5.11 Å². The summed E-state index contributed by atoms with van der Waals surface area (Å²) in [5.41, 5.74) is 6.92. The van der Waals surface area contributed by atoms with Crippen molar-refractivity contribution in [3.8, 4) is 6.07 Å². The van der Waals surface area contributed by atoms with Crippen LogP contribution < -0.4 is 5.73 Å². The minimum atomic E-state index is -1.10. The lowest BCUT2D eigenvalue weighted by Crippen LogP contribution is -2.58. The maximum atomic E-state index is 11.7. The largest absolute Gasteiger partial charge is 0.398 e. The van der Waals surface area contributed by atoms with E-state index in [2.05, 4.69) is 24.1 Å². The van der Waals surface area contributed by atoms with Gasteiger partial charge in [-0.25, -0.2) is 0 Å². The highest BCUT2D eigenvalue weighted by Crippen LogP contribution is 2.56. The number of nitrogen functional groups attached to an aromatic ring is 1. The summed E-state index contributed by atoms with van der Waals surface area (Å²) in [5.74, 6) is 0. The first-order chi connectivity index (χ1) is 11.5. The Morgan fingerprint density at radius 3 is 2.83 bits per heavy atom. The van der Waals surface area contributed by atoms with Crippen LogP contribution in [-0.4, -0.2) is 34.7 Å². The fourth-order valence-electron chi connectivity index (χ4n) is 4.74. The maximum Gasteiger partial charge on any atom is 0.106 e. The second-order valence-electron chi connectivity index (χ2n) is 7.06. The van der Waals surface area contributed by atoms with E-state index < -0.39 is 5.60 Å². The molecular formula is C20H25N3O. The maximum absolute atomic E-state index is 11.7. The Morgan fingerprint density at radius 1 is 1.42 bits per heavy atom. The van der Waals surface area contributed by atoms with Crippen LogP contribution in [0.1, 0.15) is 31.2 Å². The van der Waals surface area contributed by atoms with Gasteiger partial charge in [-0.05, 0) is 43.9 Å². The first kappa shape index (κ1) is 16.8. The second-order valence-corrected chi connectivity index (χ2v) is 7.06. The molecule has 1 heterocycles. The summed E-state index contributed by atoms with van der Waals surface area (Å²) in [6.07, 6.45) is 5.45. The van der Waals surface area contributed by atoms with E-state index in [0.29, 0.717) is 24.2 Å². The molecule has 0 spiro atoms. The number of piperidine rings is 1. The van der Waals surface area contributed by atoms with E-state index >= 15 is 0 Å². The van der Waals surface area contributed by atoms with E-state index in [1.54, 1.807) is 0 Å². The Hall–Kier alpha value is -2.09. The summed E-state index contributed by atoms with van der Waals surface area (Å²) in [5, 5.41) is 20.9. The summed E-state index contributed by atoms with van der Waals surface area (Å²) < 4.78 is 0. The predicted molar refractivity (Wildman–Crippen MR) is 96.9 cm³/mol. The number of fused-ring (bicyclic) bond motifs is 1. The van der Waals surface area contributed by atoms with Crippen molar-refractivity contribution in [3.05, 3.63) is 49.1 Å². The summed E-state index contributed by atoms with van der Waals surface area (Å²) in [7, 11) is 0. The van der Waals surface area contributed by atoms with Gasteiger partial charge in [0.15, 0.2) is 0 Å². The van der Waals surface area contributed by atoms with Crippen LogP contribution >= 0.6 is 0 Å². The summed E-state index contributed by atoms with van der Waals surface area (Å²) in [6, 6.07) is 9.58. The quantitative estimate of drug-likeness (QED) is 0.507. The molecule has 24 heavy (non-hydrogen) atoms. The summed E-state index contributed by atoms with van der Waals surface area (Å²) in [4.78, 5) is 2.10. The van der Waals surface area contributed by atoms with Crippen LogP contribution in [-0.2, 0) is 0 Å². The minimum absolute atomic E-state index is 0.170. The molecule has 4 nitrogen and oxygen atoms in total. The van der Waals surface area contributed by atoms with E-state index in [4.69, 9.17) is 5.73 Å². The Bertz CT molecular complexity index is 707. The smallest absolute Gasteiger partial charge is 0.106 e. The first-order valence-corrected chi connectivity index (χ1v) is 8.50. The molecule has 1 aromatic carbocycles. The molecule has 1 saturated heterocycles. The van der Waals surface area contributed by atoms with Crippen molar-refractivity contribution in [2.24, 2.45) is 5.41 Å². The third-order valence-corrected chi connectivity index (χ3v) is 5.91. The van der Waals surface area contributed by atoms with Gasteiger partial charge in [-0.2, -0.15) is 5.26 Å². The molecule has 2 fully saturated rings. The molecule has 126 valence electrons. The number of benzene rings is 1. The van der Waals surface area contributed by atoms with Crippen LogP contribution in [0.25, 0.3) is 5.57 Å². The van der Waals surface area contributed by atoms with E-state index in [9.17, 15) is 10.4 Å². The number of hydrogen-bond donors (Lipinski definition) is 2. The van der Waals surface area contributed by atoms with Gasteiger partial charge < -0.3 is 10.8 Å². The molecule has 1 aliphatic heterocycles. The van der Waals surface area contributed by atoms with Gasteiger partial charge in [0.05, 0.1) is 18.7 Å². The molecule has 4 heteroatoms. The molecule has 0 aromatic heterocycles. The zero-order valence-corrected chi connectivity index (χ0v) is 14.0. The zero-order chi connectivity index (χ0) is 17.4. The molecule has 0 amide bonds. The van der Waals surface area contributed by atoms with Crippen LogP contribution in [0.4, 0.5) is 5.69 Å². The Kier molecular flexibility index (Phi) is 4.25. The lowest BCUT2D eigenvalue weighted by Gasteiger charge is -2.49. The number of nitrogens with zero attached hydrogens (tertiary/aromatic N) is 2. The lowest BCUT2D eigenvalue weighted by molar-refractivity contribution is -0.0275. The molecule has 1 aromatic rings. The number of hydrogen-bond acceptors (Lipinski definition) is 4. The summed E-state index contributed by atoms with van der Waals surface area (Å²) in [6.45, 7) is 9.39. The van der Waals surface area contributed by atoms with Gasteiger partial charge in [0.1, 0.15) is 5.60 Å². The molecule has 1 aliphatic carbocycles. The minimum Gasteiger partial charge on any atom is -0.398 e. The number of aliphatic hydroxyl groups is 1. The van der Waals surface area contributed by atoms with Crippen molar-refractivity contribution in [1.82, 2.24) is 4.90 Å². The van der Waals surface area contributed by atoms with Gasteiger partial charge in [-0.15, -0.1) is 6.58 Å². The topological polar surface area (TPSA) is 73.3 Å². The van der Waals surface area contributed by atoms with Crippen LogP contribution in [0.5, 0.6) is 0 Å². The third kappa shape index (κ3) is 2.36. The molecule has 2 aliphatic rings. The van der Waals surface area contributed by atoms with Crippen LogP contribution in [0.2, 0.25) is 0 Å². The standard InChI is InChI=1S/C20H25N3O/c1-3-19-9-6-13-23(14-12-21)18(19)20(24,11-10-19)15(2)16-7-4-5-8-17(16)22/h3-5,7-8,18,24H,1-2,6,9-11,13-14,22H2/t18-,19-,20-/m0/s1. The molecule has 3 atom stereocenters. The molecule has 1 saturated carbocycles. The lowest BCUT2D eigenvalue weighted by atomic mass is 9.70. The van der Waals surface area contributed by atoms with Crippen molar-refractivity contribution in [1.29, 1.82) is 5.26 Å². The molecule has 0 unspecified atom stereocenters. The van der Waals surface area contributed by atoms with E-state index in [-0.39, 0.29) is 11.5 Å². The van der Waals surface area contributed by atoms with Crippen molar-refractivity contribution >= 4 is 11.3 Å². The highest BCUT2D eigenvalue weighted by atomic mass is 16.3. The summed E-state index contributed by atoms with van der Waals surface area (Å²) >= 11 is 0. The van der Waals surface area contributed by atoms with Gasteiger partial charge in [0.25, 0.3) is 0 Å². The van der Waals surface area contributed by atoms with Gasteiger partial charge in [0.2, 0.25) is 0 Å². The molecule has 0 bridgehead atoms. The zero-order valence-electron chi connectivity index (χ0n) is 14.0. The molecular weight excluding hydrogens is 298 g/mol. The van der Waals surface area contributed by atoms with Crippen molar-refractivity contribution in [2.75, 3.05) is 18.8 Å². The van der Waals surface area contributed by atoms with Crippen LogP contribution in [0, 0.1) is 16.7 Å². The number of likely N-dealkylation sites (tertiary alicyclic amines) is 1. The van der Waals surface area contributed by atoms with Crippen molar-refractivity contribution in [3.63, 3.8) is 0 Å². The Labute approximate surface area is 143 Å². The van der Waals surface area contributed by atoms with E-state index in [0.717, 1.165) is 31.4 Å². The molecule has 3 N–H and O–H groups in total. The van der Waals surface area contributed by atoms with E-state index in [1.165, 1.54) is 0 Å². The Balaban J connectivity index is 2.05. The van der Waals surface area contributed by atoms with Crippen LogP contribution in [0.15, 0.2) is 43.5 Å². The number of anilines is 1. The van der Waals surface area contributed by atoms with Gasteiger partial charge in [0, 0.05) is 16.7 Å². The average molecular weight is 323 g/mol. The fourth-order valence-corrected chi connectivity index (χ4v) is 4.74. The highest BCUT2D eigenvalue weighted by Gasteiger charge is 2.59. The number of para-hydroxylation sites is 1. The normalized spacial score (nSPS) is 32.8. The van der Waals surface area contributed by atoms with Gasteiger partial charge in [-0.1, -0.05) is 30.9 Å². The first-order valence-electron chi connectivity index (χ1n) is 8.50. The van der Waals surface area contributed by atoms with Gasteiger partial charge >= 0.3 is 0 Å². The average Bonchev–Trinajstić information content (AvgIpc) is 2.91.